The van der Waals surface area contributed by atoms with Crippen molar-refractivity contribution in [3.8, 4) is 0 Å². The van der Waals surface area contributed by atoms with Crippen molar-refractivity contribution in [1.29, 1.82) is 0 Å². The Morgan fingerprint density at radius 2 is 2.09 bits per heavy atom. The Balaban J connectivity index is 1.96. The van der Waals surface area contributed by atoms with E-state index in [1.165, 1.54) is 0 Å². The van der Waals surface area contributed by atoms with Gasteiger partial charge in [-0.3, -0.25) is 9.59 Å². The molecule has 23 heavy (non-hydrogen) atoms. The normalized spacial score (nSPS) is 21.6. The minimum absolute atomic E-state index is 0.0503. The number of piperidine rings is 1. The molecule has 1 aromatic carbocycles. The molecule has 0 radical (unpaired) electrons. The number of likely N-dealkylation sites (tertiary alicyclic amines) is 1. The second kappa shape index (κ2) is 5.89. The second-order valence-electron chi connectivity index (χ2n) is 6.18. The molecule has 0 bridgehead atoms. The number of carbonyl (C=O) groups excluding carboxylic acids is 2. The first-order valence-corrected chi connectivity index (χ1v) is 8.05. The van der Waals surface area contributed by atoms with E-state index in [9.17, 15) is 9.59 Å². The van der Waals surface area contributed by atoms with Gasteiger partial charge in [-0.05, 0) is 44.9 Å². The number of carbonyl (C=O) groups is 2. The number of benzene rings is 1. The first-order valence-electron chi connectivity index (χ1n) is 7.67. The number of hydrogen-bond acceptors (Lipinski definition) is 3. The van der Waals surface area contributed by atoms with Gasteiger partial charge in [0.05, 0.1) is 5.92 Å². The first-order chi connectivity index (χ1) is 10.9. The van der Waals surface area contributed by atoms with Crippen LogP contribution in [0.4, 0.5) is 0 Å². The van der Waals surface area contributed by atoms with Crippen molar-refractivity contribution in [2.45, 2.75) is 32.7 Å². The van der Waals surface area contributed by atoms with Crippen LogP contribution in [0.15, 0.2) is 22.6 Å². The van der Waals surface area contributed by atoms with Gasteiger partial charge in [-0.1, -0.05) is 11.6 Å². The van der Waals surface area contributed by atoms with E-state index in [2.05, 4.69) is 0 Å². The third-order valence-electron chi connectivity index (χ3n) is 4.64. The number of nitrogens with two attached hydrogens (primary N) is 1. The largest absolute Gasteiger partial charge is 0.451 e. The van der Waals surface area contributed by atoms with Crippen molar-refractivity contribution in [3.63, 3.8) is 0 Å². The average Bonchev–Trinajstić information content (AvgIpc) is 2.83. The van der Waals surface area contributed by atoms with Gasteiger partial charge in [0.1, 0.15) is 5.58 Å². The summed E-state index contributed by atoms with van der Waals surface area (Å²) in [4.78, 5) is 26.0. The molecular formula is C17H19ClN2O3. The number of aryl methyl sites for hydroxylation is 1. The summed E-state index contributed by atoms with van der Waals surface area (Å²) < 4.78 is 5.75. The summed E-state index contributed by atoms with van der Waals surface area (Å²) in [6, 6.07) is 5.33. The zero-order chi connectivity index (χ0) is 16.7. The molecule has 0 saturated carbocycles. The van der Waals surface area contributed by atoms with Crippen LogP contribution in [-0.4, -0.2) is 29.3 Å². The minimum Gasteiger partial charge on any atom is -0.451 e. The van der Waals surface area contributed by atoms with Crippen LogP contribution in [0.2, 0.25) is 5.02 Å². The van der Waals surface area contributed by atoms with Crippen LogP contribution in [0, 0.1) is 12.8 Å². The number of amides is 2. The molecule has 6 heteroatoms. The van der Waals surface area contributed by atoms with Crippen LogP contribution in [0.3, 0.4) is 0 Å². The average molecular weight is 335 g/mol. The summed E-state index contributed by atoms with van der Waals surface area (Å²) in [6.45, 7) is 4.16. The molecule has 0 unspecified atom stereocenters. The number of furan rings is 1. The Labute approximate surface area is 139 Å². The maximum absolute atomic E-state index is 12.9. The van der Waals surface area contributed by atoms with E-state index in [-0.39, 0.29) is 23.8 Å². The number of hydrogen-bond donors (Lipinski definition) is 1. The lowest BCUT2D eigenvalue weighted by Crippen LogP contribution is -2.48. The lowest BCUT2D eigenvalue weighted by Gasteiger charge is -2.36. The summed E-state index contributed by atoms with van der Waals surface area (Å²) in [6.07, 6.45) is 1.47. The highest BCUT2D eigenvalue weighted by atomic mass is 35.5. The lowest BCUT2D eigenvalue weighted by molar-refractivity contribution is -0.123. The second-order valence-corrected chi connectivity index (χ2v) is 6.62. The number of nitrogens with zero attached hydrogens (tertiary/aromatic N) is 1. The SMILES string of the molecule is Cc1c(C(=O)N2C[C@@H](C(N)=O)CC[C@H]2C)oc2ccc(Cl)cc12. The summed E-state index contributed by atoms with van der Waals surface area (Å²) in [7, 11) is 0. The van der Waals surface area contributed by atoms with E-state index < -0.39 is 0 Å². The van der Waals surface area contributed by atoms with Gasteiger partial charge in [0.15, 0.2) is 5.76 Å². The molecule has 1 saturated heterocycles. The monoisotopic (exact) mass is 334 g/mol. The van der Waals surface area contributed by atoms with Crippen LogP contribution in [0.5, 0.6) is 0 Å². The van der Waals surface area contributed by atoms with Gasteiger partial charge in [-0.2, -0.15) is 0 Å². The predicted molar refractivity (Wildman–Crippen MR) is 88.4 cm³/mol. The number of primary amides is 1. The molecular weight excluding hydrogens is 316 g/mol. The minimum atomic E-state index is -0.359. The quantitative estimate of drug-likeness (QED) is 0.916. The summed E-state index contributed by atoms with van der Waals surface area (Å²) in [5, 5.41) is 1.43. The summed E-state index contributed by atoms with van der Waals surface area (Å²) in [5.41, 5.74) is 6.80. The number of halogens is 1. The van der Waals surface area contributed by atoms with Gasteiger partial charge in [-0.25, -0.2) is 0 Å². The van der Waals surface area contributed by atoms with Crippen molar-refractivity contribution in [1.82, 2.24) is 4.90 Å². The van der Waals surface area contributed by atoms with Crippen LogP contribution in [0.25, 0.3) is 11.0 Å². The molecule has 1 aromatic heterocycles. The van der Waals surface area contributed by atoms with E-state index >= 15 is 0 Å². The van der Waals surface area contributed by atoms with Gasteiger partial charge >= 0.3 is 0 Å². The molecule has 1 aliphatic rings. The Kier molecular flexibility index (Phi) is 4.06. The van der Waals surface area contributed by atoms with Crippen molar-refractivity contribution >= 4 is 34.4 Å². The molecule has 2 N–H and O–H groups in total. The highest BCUT2D eigenvalue weighted by Gasteiger charge is 2.34. The van der Waals surface area contributed by atoms with Crippen molar-refractivity contribution < 1.29 is 14.0 Å². The van der Waals surface area contributed by atoms with Crippen molar-refractivity contribution in [2.24, 2.45) is 11.7 Å². The van der Waals surface area contributed by atoms with Crippen LogP contribution < -0.4 is 5.73 Å². The van der Waals surface area contributed by atoms with E-state index in [1.54, 1.807) is 23.1 Å². The van der Waals surface area contributed by atoms with Gasteiger partial charge in [0.25, 0.3) is 5.91 Å². The van der Waals surface area contributed by atoms with Crippen molar-refractivity contribution in [2.75, 3.05) is 6.54 Å². The zero-order valence-corrected chi connectivity index (χ0v) is 13.9. The maximum Gasteiger partial charge on any atom is 0.290 e. The van der Waals surface area contributed by atoms with E-state index in [0.717, 1.165) is 23.8 Å². The number of fused-ring (bicyclic) bond motifs is 1. The van der Waals surface area contributed by atoms with Gasteiger partial charge in [-0.15, -0.1) is 0 Å². The van der Waals surface area contributed by atoms with Crippen LogP contribution in [-0.2, 0) is 4.79 Å². The Morgan fingerprint density at radius 3 is 2.78 bits per heavy atom. The molecule has 1 aliphatic heterocycles. The molecule has 5 nitrogen and oxygen atoms in total. The van der Waals surface area contributed by atoms with Gasteiger partial charge < -0.3 is 15.1 Å². The van der Waals surface area contributed by atoms with Gasteiger partial charge in [0.2, 0.25) is 5.91 Å². The molecule has 0 spiro atoms. The molecule has 3 rings (SSSR count). The van der Waals surface area contributed by atoms with Crippen LogP contribution >= 0.6 is 11.6 Å². The van der Waals surface area contributed by atoms with E-state index in [1.807, 2.05) is 13.8 Å². The molecule has 2 atom stereocenters. The smallest absolute Gasteiger partial charge is 0.290 e. The van der Waals surface area contributed by atoms with Crippen LogP contribution in [0.1, 0.15) is 35.9 Å². The van der Waals surface area contributed by atoms with Crippen molar-refractivity contribution in [3.05, 3.63) is 34.5 Å². The predicted octanol–water partition coefficient (Wildman–Crippen LogP) is 3.12. The Morgan fingerprint density at radius 1 is 1.35 bits per heavy atom. The maximum atomic E-state index is 12.9. The molecule has 122 valence electrons. The highest BCUT2D eigenvalue weighted by molar-refractivity contribution is 6.31. The third kappa shape index (κ3) is 2.81. The molecule has 2 heterocycles. The number of rotatable bonds is 2. The van der Waals surface area contributed by atoms with E-state index in [0.29, 0.717) is 22.9 Å². The summed E-state index contributed by atoms with van der Waals surface area (Å²) >= 11 is 6.02. The fourth-order valence-electron chi connectivity index (χ4n) is 3.15. The molecule has 2 aromatic rings. The first kappa shape index (κ1) is 15.9. The molecule has 0 aliphatic carbocycles. The Hall–Kier alpha value is -2.01. The fourth-order valence-corrected chi connectivity index (χ4v) is 3.32. The fraction of sp³-hybridized carbons (Fsp3) is 0.412. The Bertz CT molecular complexity index is 783. The molecule has 2 amide bonds. The highest BCUT2D eigenvalue weighted by Crippen LogP contribution is 2.31. The third-order valence-corrected chi connectivity index (χ3v) is 4.87. The summed E-state index contributed by atoms with van der Waals surface area (Å²) in [5.74, 6) is -0.551. The lowest BCUT2D eigenvalue weighted by atomic mass is 9.92. The molecule has 1 fully saturated rings. The topological polar surface area (TPSA) is 76.5 Å². The zero-order valence-electron chi connectivity index (χ0n) is 13.1. The standard InChI is InChI=1S/C17H19ClN2O3/c1-9-3-4-11(16(19)21)8-20(9)17(22)15-10(2)13-7-12(18)5-6-14(13)23-15/h5-7,9,11H,3-4,8H2,1-2H3,(H2,19,21)/t9-,11+/m1/s1. The van der Waals surface area contributed by atoms with E-state index in [4.69, 9.17) is 21.8 Å². The van der Waals surface area contributed by atoms with Gasteiger partial charge in [0, 0.05) is 28.6 Å².